The smallest absolute Gasteiger partial charge is 0.320 e. The topological polar surface area (TPSA) is 253 Å². The number of nitrogens with two attached hydrogens (primary N) is 4. The van der Waals surface area contributed by atoms with Crippen molar-refractivity contribution in [1.82, 2.24) is 0 Å². The number of aliphatic carboxylic acids is 4. The van der Waals surface area contributed by atoms with Crippen molar-refractivity contribution >= 4 is 23.9 Å². The van der Waals surface area contributed by atoms with Crippen LogP contribution in [0, 0.1) is 17.8 Å². The van der Waals surface area contributed by atoms with E-state index in [0.717, 1.165) is 6.42 Å². The maximum absolute atomic E-state index is 10.2. The molecule has 0 amide bonds. The summed E-state index contributed by atoms with van der Waals surface area (Å²) >= 11 is 0. The molecule has 32 heavy (non-hydrogen) atoms. The SMILES string of the molecule is CC(C)C(N)C(=O)O.CC(C)CC(N)C(=O)O.CC(N)C(=O)O.CCC(C)C(N)C(=O)O. The van der Waals surface area contributed by atoms with Gasteiger partial charge in [-0.2, -0.15) is 0 Å². The van der Waals surface area contributed by atoms with E-state index < -0.39 is 48.0 Å². The summed E-state index contributed by atoms with van der Waals surface area (Å²) < 4.78 is 0. The fourth-order valence-corrected chi connectivity index (χ4v) is 1.39. The van der Waals surface area contributed by atoms with Crippen LogP contribution in [-0.2, 0) is 19.2 Å². The first-order valence-corrected chi connectivity index (χ1v) is 10.3. The molecule has 5 atom stereocenters. The molecule has 0 aliphatic rings. The van der Waals surface area contributed by atoms with Gasteiger partial charge < -0.3 is 43.4 Å². The van der Waals surface area contributed by atoms with Crippen molar-refractivity contribution in [3.63, 3.8) is 0 Å². The quantitative estimate of drug-likeness (QED) is 0.228. The van der Waals surface area contributed by atoms with E-state index in [1.807, 2.05) is 27.7 Å². The van der Waals surface area contributed by atoms with Gasteiger partial charge in [0.1, 0.15) is 24.2 Å². The largest absolute Gasteiger partial charge is 0.480 e. The van der Waals surface area contributed by atoms with Crippen LogP contribution in [0.1, 0.15) is 61.3 Å². The second-order valence-electron chi connectivity index (χ2n) is 8.06. The maximum Gasteiger partial charge on any atom is 0.320 e. The average molecular weight is 469 g/mol. The molecule has 0 saturated heterocycles. The van der Waals surface area contributed by atoms with E-state index in [2.05, 4.69) is 0 Å². The molecule has 0 aromatic carbocycles. The number of carboxylic acids is 4. The lowest BCUT2D eigenvalue weighted by Crippen LogP contribution is -2.36. The van der Waals surface area contributed by atoms with E-state index in [1.165, 1.54) is 6.92 Å². The molecule has 0 heterocycles. The molecule has 0 aromatic rings. The zero-order valence-electron chi connectivity index (χ0n) is 20.2. The van der Waals surface area contributed by atoms with Gasteiger partial charge in [0.15, 0.2) is 0 Å². The Bertz CT molecular complexity index is 542. The first-order chi connectivity index (χ1) is 14.3. The third-order valence-corrected chi connectivity index (χ3v) is 3.98. The number of rotatable bonds is 9. The predicted octanol–water partition coefficient (Wildman–Crippen LogP) is 0.361. The third kappa shape index (κ3) is 25.8. The predicted molar refractivity (Wildman–Crippen MR) is 122 cm³/mol. The Balaban J connectivity index is -0.000000165. The molecule has 0 saturated carbocycles. The van der Waals surface area contributed by atoms with Crippen molar-refractivity contribution in [3.05, 3.63) is 0 Å². The Morgan fingerprint density at radius 1 is 0.656 bits per heavy atom. The highest BCUT2D eigenvalue weighted by Crippen LogP contribution is 2.04. The summed E-state index contributed by atoms with van der Waals surface area (Å²) in [6.45, 7) is 12.6. The minimum absolute atomic E-state index is 0.0208. The van der Waals surface area contributed by atoms with Crippen molar-refractivity contribution in [1.29, 1.82) is 0 Å². The van der Waals surface area contributed by atoms with Gasteiger partial charge in [0, 0.05) is 0 Å². The summed E-state index contributed by atoms with van der Waals surface area (Å²) in [4.78, 5) is 39.9. The molecule has 0 aromatic heterocycles. The Labute approximate surface area is 190 Å². The fourth-order valence-electron chi connectivity index (χ4n) is 1.39. The molecule has 12 nitrogen and oxygen atoms in total. The third-order valence-electron chi connectivity index (χ3n) is 3.98. The summed E-state index contributed by atoms with van der Waals surface area (Å²) in [7, 11) is 0. The Kier molecular flexibility index (Phi) is 23.9. The fraction of sp³-hybridized carbons (Fsp3) is 0.800. The lowest BCUT2D eigenvalue weighted by atomic mass is 10.0. The van der Waals surface area contributed by atoms with Gasteiger partial charge in [-0.1, -0.05) is 48.0 Å². The van der Waals surface area contributed by atoms with Crippen molar-refractivity contribution < 1.29 is 39.6 Å². The van der Waals surface area contributed by atoms with Crippen LogP contribution < -0.4 is 22.9 Å². The molecule has 12 N–H and O–H groups in total. The lowest BCUT2D eigenvalue weighted by Gasteiger charge is -2.11. The number of carboxylic acid groups (broad SMARTS) is 4. The van der Waals surface area contributed by atoms with Gasteiger partial charge in [-0.05, 0) is 31.1 Å². The number of hydrogen-bond acceptors (Lipinski definition) is 8. The summed E-state index contributed by atoms with van der Waals surface area (Å²) in [5.74, 6) is -3.27. The van der Waals surface area contributed by atoms with Crippen LogP contribution in [0.25, 0.3) is 0 Å². The van der Waals surface area contributed by atoms with Gasteiger partial charge in [-0.3, -0.25) is 19.2 Å². The summed E-state index contributed by atoms with van der Waals surface area (Å²) in [5.41, 5.74) is 20.5. The van der Waals surface area contributed by atoms with Crippen LogP contribution in [0.4, 0.5) is 0 Å². The zero-order chi connectivity index (χ0) is 26.8. The monoisotopic (exact) mass is 468 g/mol. The molecule has 5 unspecified atom stereocenters. The van der Waals surface area contributed by atoms with E-state index in [1.54, 1.807) is 13.8 Å². The molecule has 0 aliphatic carbocycles. The second-order valence-corrected chi connectivity index (χ2v) is 8.06. The molecule has 0 bridgehead atoms. The maximum atomic E-state index is 10.2. The van der Waals surface area contributed by atoms with Gasteiger partial charge in [0.2, 0.25) is 0 Å². The molecule has 0 radical (unpaired) electrons. The Morgan fingerprint density at radius 2 is 1.00 bits per heavy atom. The highest BCUT2D eigenvalue weighted by molar-refractivity contribution is 5.74. The van der Waals surface area contributed by atoms with Crippen LogP contribution in [0.5, 0.6) is 0 Å². The van der Waals surface area contributed by atoms with Crippen molar-refractivity contribution in [3.8, 4) is 0 Å². The molecule has 12 heteroatoms. The zero-order valence-corrected chi connectivity index (χ0v) is 20.2. The Hall–Kier alpha value is -2.28. The van der Waals surface area contributed by atoms with Crippen molar-refractivity contribution in [2.45, 2.75) is 85.5 Å². The summed E-state index contributed by atoms with van der Waals surface area (Å²) in [6.07, 6.45) is 1.36. The molecule has 0 aliphatic heterocycles. The van der Waals surface area contributed by atoms with Gasteiger partial charge in [0.25, 0.3) is 0 Å². The van der Waals surface area contributed by atoms with Crippen LogP contribution in [0.15, 0.2) is 0 Å². The van der Waals surface area contributed by atoms with Crippen molar-refractivity contribution in [2.24, 2.45) is 40.7 Å². The Morgan fingerprint density at radius 3 is 1.06 bits per heavy atom. The second kappa shape index (κ2) is 20.6. The van der Waals surface area contributed by atoms with Crippen LogP contribution in [0.3, 0.4) is 0 Å². The molecule has 192 valence electrons. The average Bonchev–Trinajstić information content (AvgIpc) is 2.66. The first kappa shape index (κ1) is 37.1. The van der Waals surface area contributed by atoms with E-state index >= 15 is 0 Å². The van der Waals surface area contributed by atoms with E-state index in [9.17, 15) is 19.2 Å². The van der Waals surface area contributed by atoms with Gasteiger partial charge in [-0.25, -0.2) is 0 Å². The summed E-state index contributed by atoms with van der Waals surface area (Å²) in [6, 6.07) is -2.83. The minimum atomic E-state index is -0.963. The normalized spacial score (nSPS) is 14.7. The van der Waals surface area contributed by atoms with Crippen molar-refractivity contribution in [2.75, 3.05) is 0 Å². The van der Waals surface area contributed by atoms with Crippen LogP contribution >= 0.6 is 0 Å². The molecular weight excluding hydrogens is 424 g/mol. The van der Waals surface area contributed by atoms with Crippen LogP contribution in [0.2, 0.25) is 0 Å². The molecule has 0 fully saturated rings. The lowest BCUT2D eigenvalue weighted by molar-refractivity contribution is -0.140. The standard InChI is InChI=1S/2C6H13NO2.C5H11NO2.C3H7NO2/c1-4(2)3-5(7)6(8)9;1-3-4(2)5(7)6(8)9;1-3(2)4(6)5(7)8;1-2(4)3(5)6/h2*4-5H,3,7H2,1-2H3,(H,8,9);3-4H,6H2,1-2H3,(H,7,8);2H,4H2,1H3,(H,5,6). The number of carbonyl (C=O) groups is 4. The highest BCUT2D eigenvalue weighted by Gasteiger charge is 2.17. The van der Waals surface area contributed by atoms with Gasteiger partial charge in [0.05, 0.1) is 0 Å². The van der Waals surface area contributed by atoms with Gasteiger partial charge in [-0.15, -0.1) is 0 Å². The van der Waals surface area contributed by atoms with Crippen LogP contribution in [-0.4, -0.2) is 68.5 Å². The highest BCUT2D eigenvalue weighted by atomic mass is 16.4. The van der Waals surface area contributed by atoms with E-state index in [4.69, 9.17) is 43.4 Å². The molecular formula is C20H44N4O8. The molecule has 0 spiro atoms. The van der Waals surface area contributed by atoms with Gasteiger partial charge >= 0.3 is 23.9 Å². The molecule has 0 rings (SSSR count). The summed E-state index contributed by atoms with van der Waals surface area (Å²) in [5, 5.41) is 32.8. The first-order valence-electron chi connectivity index (χ1n) is 10.3. The van der Waals surface area contributed by atoms with E-state index in [-0.39, 0.29) is 11.8 Å². The minimum Gasteiger partial charge on any atom is -0.480 e. The van der Waals surface area contributed by atoms with E-state index in [0.29, 0.717) is 12.3 Å². The number of hydrogen-bond donors (Lipinski definition) is 8.